The molecule has 11 heteroatoms. The van der Waals surface area contributed by atoms with Crippen LogP contribution in [0.1, 0.15) is 33.6 Å². The Kier molecular flexibility index (Phi) is 6.69. The van der Waals surface area contributed by atoms with Crippen molar-refractivity contribution < 1.29 is 26.8 Å². The molecule has 2 heterocycles. The zero-order valence-electron chi connectivity index (χ0n) is 17.6. The van der Waals surface area contributed by atoms with Gasteiger partial charge in [-0.3, -0.25) is 9.59 Å². The highest BCUT2D eigenvalue weighted by Gasteiger charge is 2.32. The van der Waals surface area contributed by atoms with Crippen molar-refractivity contribution in [2.24, 2.45) is 0 Å². The van der Waals surface area contributed by atoms with Crippen molar-refractivity contribution >= 4 is 33.4 Å². The third-order valence-corrected chi connectivity index (χ3v) is 8.02. The van der Waals surface area contributed by atoms with Crippen molar-refractivity contribution in [3.63, 3.8) is 0 Å². The third-order valence-electron chi connectivity index (χ3n) is 5.87. The molecule has 2 fully saturated rings. The number of carbonyl (C=O) groups is 2. The van der Waals surface area contributed by atoms with Gasteiger partial charge in [0.1, 0.15) is 16.5 Å². The highest BCUT2D eigenvalue weighted by molar-refractivity contribution is 7.89. The van der Waals surface area contributed by atoms with E-state index in [9.17, 15) is 26.8 Å². The van der Waals surface area contributed by atoms with E-state index in [1.165, 1.54) is 32.3 Å². The van der Waals surface area contributed by atoms with E-state index in [2.05, 4.69) is 0 Å². The number of halogens is 3. The SMILES string of the molecule is O=C(c1ccc(F)c(S(=O)(=O)N2CCCC2)c1)N1CCN(C(=O)c2cc(Cl)ccc2F)CC1. The van der Waals surface area contributed by atoms with Crippen LogP contribution in [-0.4, -0.2) is 73.6 Å². The largest absolute Gasteiger partial charge is 0.335 e. The number of rotatable bonds is 4. The number of amides is 2. The summed E-state index contributed by atoms with van der Waals surface area (Å²) in [6, 6.07) is 7.04. The van der Waals surface area contributed by atoms with E-state index in [0.29, 0.717) is 25.9 Å². The number of carbonyl (C=O) groups excluding carboxylic acids is 2. The maximum absolute atomic E-state index is 14.4. The van der Waals surface area contributed by atoms with Crippen LogP contribution in [0.25, 0.3) is 0 Å². The molecule has 0 radical (unpaired) electrons. The lowest BCUT2D eigenvalue weighted by Gasteiger charge is -2.35. The molecule has 7 nitrogen and oxygen atoms in total. The highest BCUT2D eigenvalue weighted by Crippen LogP contribution is 2.25. The smallest absolute Gasteiger partial charge is 0.257 e. The number of hydrogen-bond donors (Lipinski definition) is 0. The van der Waals surface area contributed by atoms with Gasteiger partial charge in [-0.05, 0) is 49.2 Å². The summed E-state index contributed by atoms with van der Waals surface area (Å²) in [5.74, 6) is -2.57. The molecule has 2 aromatic rings. The summed E-state index contributed by atoms with van der Waals surface area (Å²) < 4.78 is 55.2. The minimum Gasteiger partial charge on any atom is -0.335 e. The van der Waals surface area contributed by atoms with Gasteiger partial charge in [-0.15, -0.1) is 0 Å². The first-order valence-electron chi connectivity index (χ1n) is 10.5. The Morgan fingerprint density at radius 3 is 2.00 bits per heavy atom. The first-order valence-corrected chi connectivity index (χ1v) is 12.3. The van der Waals surface area contributed by atoms with Crippen molar-refractivity contribution in [2.75, 3.05) is 39.3 Å². The molecule has 0 spiro atoms. The number of nitrogens with zero attached hydrogens (tertiary/aromatic N) is 3. The molecule has 176 valence electrons. The molecule has 4 rings (SSSR count). The Morgan fingerprint density at radius 1 is 0.788 bits per heavy atom. The zero-order valence-corrected chi connectivity index (χ0v) is 19.2. The summed E-state index contributed by atoms with van der Waals surface area (Å²) in [5, 5.41) is 0.240. The minimum absolute atomic E-state index is 0.0508. The predicted molar refractivity (Wildman–Crippen MR) is 118 cm³/mol. The second-order valence-electron chi connectivity index (χ2n) is 7.96. The fourth-order valence-electron chi connectivity index (χ4n) is 4.03. The number of benzene rings is 2. The normalized spacial score (nSPS) is 17.4. The van der Waals surface area contributed by atoms with Crippen LogP contribution in [0.5, 0.6) is 0 Å². The molecule has 0 aliphatic carbocycles. The molecule has 0 aromatic heterocycles. The van der Waals surface area contributed by atoms with Gasteiger partial charge < -0.3 is 9.80 Å². The quantitative estimate of drug-likeness (QED) is 0.650. The second-order valence-corrected chi connectivity index (χ2v) is 10.3. The summed E-state index contributed by atoms with van der Waals surface area (Å²) in [4.78, 5) is 28.0. The zero-order chi connectivity index (χ0) is 23.8. The highest BCUT2D eigenvalue weighted by atomic mass is 35.5. The maximum atomic E-state index is 14.4. The van der Waals surface area contributed by atoms with E-state index >= 15 is 0 Å². The standard InChI is InChI=1S/C22H22ClF2N3O4S/c23-16-4-6-18(24)17(14-16)22(30)27-11-9-26(10-12-27)21(29)15-3-5-19(25)20(13-15)33(31,32)28-7-1-2-8-28/h3-6,13-14H,1-2,7-12H2. The van der Waals surface area contributed by atoms with Crippen LogP contribution in [0.15, 0.2) is 41.3 Å². The molecule has 0 saturated carbocycles. The van der Waals surface area contributed by atoms with Gasteiger partial charge in [-0.2, -0.15) is 4.31 Å². The molecule has 33 heavy (non-hydrogen) atoms. The van der Waals surface area contributed by atoms with Crippen molar-refractivity contribution in [2.45, 2.75) is 17.7 Å². The van der Waals surface area contributed by atoms with E-state index in [0.717, 1.165) is 18.2 Å². The molecule has 0 unspecified atom stereocenters. The lowest BCUT2D eigenvalue weighted by Crippen LogP contribution is -2.50. The van der Waals surface area contributed by atoms with Crippen LogP contribution < -0.4 is 0 Å². The molecular formula is C22H22ClF2N3O4S. The summed E-state index contributed by atoms with van der Waals surface area (Å²) in [6.45, 7) is 1.30. The predicted octanol–water partition coefficient (Wildman–Crippen LogP) is 3.00. The molecule has 0 bridgehead atoms. The Balaban J connectivity index is 1.47. The molecule has 2 aliphatic rings. The van der Waals surface area contributed by atoms with Gasteiger partial charge in [0.15, 0.2) is 0 Å². The number of piperazine rings is 1. The van der Waals surface area contributed by atoms with Gasteiger partial charge in [0, 0.05) is 49.9 Å². The fraction of sp³-hybridized carbons (Fsp3) is 0.364. The van der Waals surface area contributed by atoms with Crippen molar-refractivity contribution in [1.29, 1.82) is 0 Å². The summed E-state index contributed by atoms with van der Waals surface area (Å²) >= 11 is 5.87. The van der Waals surface area contributed by atoms with E-state index in [4.69, 9.17) is 11.6 Å². The Morgan fingerprint density at radius 2 is 1.36 bits per heavy atom. The molecule has 2 amide bonds. The topological polar surface area (TPSA) is 78.0 Å². The molecule has 2 saturated heterocycles. The first kappa shape index (κ1) is 23.6. The van der Waals surface area contributed by atoms with Gasteiger partial charge in [0.05, 0.1) is 5.56 Å². The maximum Gasteiger partial charge on any atom is 0.257 e. The summed E-state index contributed by atoms with van der Waals surface area (Å²) in [7, 11) is -4.03. The first-order chi connectivity index (χ1) is 15.7. The van der Waals surface area contributed by atoms with E-state index in [1.807, 2.05) is 0 Å². The Bertz CT molecular complexity index is 1190. The molecule has 0 N–H and O–H groups in total. The van der Waals surface area contributed by atoms with E-state index in [1.54, 1.807) is 0 Å². The summed E-state index contributed by atoms with van der Waals surface area (Å²) in [6.07, 6.45) is 1.42. The lowest BCUT2D eigenvalue weighted by molar-refractivity contribution is 0.0532. The van der Waals surface area contributed by atoms with Gasteiger partial charge in [-0.25, -0.2) is 17.2 Å². The average molecular weight is 498 g/mol. The Hall–Kier alpha value is -2.56. The van der Waals surface area contributed by atoms with Crippen molar-refractivity contribution in [1.82, 2.24) is 14.1 Å². The number of hydrogen-bond acceptors (Lipinski definition) is 4. The summed E-state index contributed by atoms with van der Waals surface area (Å²) in [5.41, 5.74) is -0.0904. The monoisotopic (exact) mass is 497 g/mol. The van der Waals surface area contributed by atoms with Crippen molar-refractivity contribution in [3.05, 3.63) is 64.2 Å². The van der Waals surface area contributed by atoms with Crippen LogP contribution >= 0.6 is 11.6 Å². The van der Waals surface area contributed by atoms with Crippen LogP contribution in [0.3, 0.4) is 0 Å². The number of sulfonamides is 1. The fourth-order valence-corrected chi connectivity index (χ4v) is 5.81. The van der Waals surface area contributed by atoms with Gasteiger partial charge >= 0.3 is 0 Å². The van der Waals surface area contributed by atoms with Crippen LogP contribution in [0.2, 0.25) is 5.02 Å². The lowest BCUT2D eigenvalue weighted by atomic mass is 10.1. The minimum atomic E-state index is -4.03. The van der Waals surface area contributed by atoms with E-state index < -0.39 is 38.4 Å². The molecule has 2 aliphatic heterocycles. The molecule has 2 aromatic carbocycles. The van der Waals surface area contributed by atoms with E-state index in [-0.39, 0.29) is 42.3 Å². The molecule has 0 atom stereocenters. The Labute approximate surface area is 195 Å². The van der Waals surface area contributed by atoms with Crippen molar-refractivity contribution in [3.8, 4) is 0 Å². The van der Waals surface area contributed by atoms with Gasteiger partial charge in [-0.1, -0.05) is 11.6 Å². The second kappa shape index (κ2) is 9.36. The third kappa shape index (κ3) is 4.73. The molecular weight excluding hydrogens is 476 g/mol. The van der Waals surface area contributed by atoms with Gasteiger partial charge in [0.2, 0.25) is 10.0 Å². The average Bonchev–Trinajstić information content (AvgIpc) is 3.36. The van der Waals surface area contributed by atoms with Gasteiger partial charge in [0.25, 0.3) is 11.8 Å². The van der Waals surface area contributed by atoms with Crippen LogP contribution in [0.4, 0.5) is 8.78 Å². The van der Waals surface area contributed by atoms with Crippen LogP contribution in [0, 0.1) is 11.6 Å². The van der Waals surface area contributed by atoms with Crippen LogP contribution in [-0.2, 0) is 10.0 Å².